The van der Waals surface area contributed by atoms with Crippen LogP contribution in [0.1, 0.15) is 39.2 Å². The minimum Gasteiger partial charge on any atom is -0.511 e. The summed E-state index contributed by atoms with van der Waals surface area (Å²) in [4.78, 5) is 15.6. The van der Waals surface area contributed by atoms with Gasteiger partial charge in [0.25, 0.3) is 5.91 Å². The minimum absolute atomic E-state index is 0.000506. The van der Waals surface area contributed by atoms with E-state index >= 15 is 0 Å². The highest BCUT2D eigenvalue weighted by Gasteiger charge is 2.55. The lowest BCUT2D eigenvalue weighted by Crippen LogP contribution is -2.53. The van der Waals surface area contributed by atoms with Crippen LogP contribution in [-0.2, 0) is 30.2 Å². The summed E-state index contributed by atoms with van der Waals surface area (Å²) in [6, 6.07) is 4.26. The monoisotopic (exact) mass is 532 g/mol. The Labute approximate surface area is 212 Å². The first-order valence-corrected chi connectivity index (χ1v) is 15.7. The van der Waals surface area contributed by atoms with Crippen LogP contribution < -0.4 is 5.32 Å². The lowest BCUT2D eigenvalue weighted by molar-refractivity contribution is -0.133. The Hall–Kier alpha value is -2.59. The van der Waals surface area contributed by atoms with Gasteiger partial charge < -0.3 is 15.3 Å². The standard InChI is InChI=1S/C26H32N2O6S2/c1-26(2,3)9-10-28-23-17-7-6-16(12-17)21(23)24(29)22(25(28)30)19-14-36(33,34)20-11-15(13-35(4,31)32)5-8-18(20)27-19/h5-8,11,14,16-17,21,23,27,29H,9-10,12-13H2,1-4H3. The summed E-state index contributed by atoms with van der Waals surface area (Å²) in [5.41, 5.74) is 0.654. The Morgan fingerprint density at radius 2 is 1.86 bits per heavy atom. The molecule has 4 atom stereocenters. The average Bonchev–Trinajstić information content (AvgIpc) is 3.34. The third-order valence-electron chi connectivity index (χ3n) is 7.52. The fraction of sp³-hybridized carbons (Fsp3) is 0.500. The van der Waals surface area contributed by atoms with E-state index in [9.17, 15) is 26.7 Å². The van der Waals surface area contributed by atoms with E-state index in [1.54, 1.807) is 6.07 Å². The van der Waals surface area contributed by atoms with Crippen LogP contribution in [0.5, 0.6) is 0 Å². The van der Waals surface area contributed by atoms with Crippen LogP contribution in [-0.4, -0.2) is 51.6 Å². The van der Waals surface area contributed by atoms with Crippen LogP contribution >= 0.6 is 0 Å². The third-order valence-corrected chi connectivity index (χ3v) is 9.87. The molecule has 4 aliphatic rings. The second kappa shape index (κ2) is 8.21. The normalized spacial score (nSPS) is 28.6. The van der Waals surface area contributed by atoms with Crippen molar-refractivity contribution < 1.29 is 26.7 Å². The molecule has 2 bridgehead atoms. The zero-order valence-electron chi connectivity index (χ0n) is 20.9. The second-order valence-electron chi connectivity index (χ2n) is 11.6. The van der Waals surface area contributed by atoms with Gasteiger partial charge >= 0.3 is 0 Å². The number of allylic oxidation sites excluding steroid dienone is 1. The maximum absolute atomic E-state index is 13.8. The highest BCUT2D eigenvalue weighted by atomic mass is 32.2. The van der Waals surface area contributed by atoms with Crippen molar-refractivity contribution in [3.63, 3.8) is 0 Å². The van der Waals surface area contributed by atoms with Crippen LogP contribution in [0.3, 0.4) is 0 Å². The maximum Gasteiger partial charge on any atom is 0.259 e. The van der Waals surface area contributed by atoms with Gasteiger partial charge in [0.2, 0.25) is 9.84 Å². The van der Waals surface area contributed by atoms with Crippen molar-refractivity contribution >= 4 is 31.3 Å². The van der Waals surface area contributed by atoms with Gasteiger partial charge in [-0.15, -0.1) is 0 Å². The summed E-state index contributed by atoms with van der Waals surface area (Å²) < 4.78 is 49.9. The van der Waals surface area contributed by atoms with Crippen LogP contribution in [0.2, 0.25) is 0 Å². The Bertz CT molecular complexity index is 1450. The molecular formula is C26H32N2O6S2. The van der Waals surface area contributed by atoms with E-state index in [4.69, 9.17) is 0 Å². The molecule has 194 valence electrons. The fourth-order valence-corrected chi connectivity index (χ4v) is 8.05. The van der Waals surface area contributed by atoms with Gasteiger partial charge in [0.1, 0.15) is 11.3 Å². The largest absolute Gasteiger partial charge is 0.511 e. The molecule has 1 aromatic rings. The van der Waals surface area contributed by atoms with E-state index in [2.05, 4.69) is 38.2 Å². The number of benzene rings is 1. The second-order valence-corrected chi connectivity index (χ2v) is 15.5. The topological polar surface area (TPSA) is 121 Å². The van der Waals surface area contributed by atoms with Gasteiger partial charge in [0.15, 0.2) is 9.84 Å². The number of sulfone groups is 2. The molecule has 4 unspecified atom stereocenters. The number of hydrogen-bond acceptors (Lipinski definition) is 7. The van der Waals surface area contributed by atoms with E-state index in [0.717, 1.165) is 24.5 Å². The first-order valence-electron chi connectivity index (χ1n) is 12.1. The summed E-state index contributed by atoms with van der Waals surface area (Å²) in [6.45, 7) is 6.85. The number of carbonyl (C=O) groups excluding carboxylic acids is 1. The molecule has 1 fully saturated rings. The number of anilines is 1. The number of rotatable bonds is 5. The van der Waals surface area contributed by atoms with Gasteiger partial charge in [-0.3, -0.25) is 4.79 Å². The SMILES string of the molecule is CC(C)(C)CCN1C(=O)C(C2=CS(=O)(=O)c3cc(CS(C)(=O)=O)ccc3N2)=C(O)C2C3C=CC(C3)C21. The molecule has 2 heterocycles. The average molecular weight is 533 g/mol. The summed E-state index contributed by atoms with van der Waals surface area (Å²) in [6.07, 6.45) is 6.95. The molecule has 5 rings (SSSR count). The van der Waals surface area contributed by atoms with E-state index in [-0.39, 0.29) is 68.5 Å². The third kappa shape index (κ3) is 4.38. The fourth-order valence-electron chi connectivity index (χ4n) is 5.91. The van der Waals surface area contributed by atoms with Crippen molar-refractivity contribution in [3.05, 3.63) is 58.4 Å². The molecule has 1 aromatic carbocycles. The molecular weight excluding hydrogens is 500 g/mol. The van der Waals surface area contributed by atoms with E-state index in [1.165, 1.54) is 12.1 Å². The molecule has 2 aliphatic heterocycles. The first kappa shape index (κ1) is 25.1. The van der Waals surface area contributed by atoms with Crippen LogP contribution in [0, 0.1) is 23.2 Å². The molecule has 36 heavy (non-hydrogen) atoms. The van der Waals surface area contributed by atoms with Crippen molar-refractivity contribution in [3.8, 4) is 0 Å². The van der Waals surface area contributed by atoms with Crippen molar-refractivity contribution in [2.75, 3.05) is 18.1 Å². The molecule has 2 aliphatic carbocycles. The van der Waals surface area contributed by atoms with E-state index in [0.29, 0.717) is 12.1 Å². The number of fused-ring (bicyclic) bond motifs is 6. The predicted octanol–water partition coefficient (Wildman–Crippen LogP) is 3.55. The molecule has 2 N–H and O–H groups in total. The van der Waals surface area contributed by atoms with Crippen molar-refractivity contribution in [1.29, 1.82) is 0 Å². The number of nitrogens with zero attached hydrogens (tertiary/aromatic N) is 1. The zero-order chi connectivity index (χ0) is 26.2. The number of aliphatic hydroxyl groups excluding tert-OH is 1. The highest BCUT2D eigenvalue weighted by molar-refractivity contribution is 7.94. The van der Waals surface area contributed by atoms with E-state index < -0.39 is 19.7 Å². The number of nitrogens with one attached hydrogen (secondary N) is 1. The lowest BCUT2D eigenvalue weighted by atomic mass is 9.80. The van der Waals surface area contributed by atoms with Crippen LogP contribution in [0.4, 0.5) is 5.69 Å². The minimum atomic E-state index is -4.00. The molecule has 0 aromatic heterocycles. The van der Waals surface area contributed by atoms with Crippen LogP contribution in [0.25, 0.3) is 0 Å². The van der Waals surface area contributed by atoms with Crippen molar-refractivity contribution in [2.45, 2.75) is 50.3 Å². The summed E-state index contributed by atoms with van der Waals surface area (Å²) in [5.74, 6) is -0.689. The number of hydrogen-bond donors (Lipinski definition) is 2. The molecule has 1 saturated carbocycles. The highest BCUT2D eigenvalue weighted by Crippen LogP contribution is 2.52. The smallest absolute Gasteiger partial charge is 0.259 e. The molecule has 0 radical (unpaired) electrons. The molecule has 0 saturated heterocycles. The van der Waals surface area contributed by atoms with Crippen molar-refractivity contribution in [2.24, 2.45) is 23.2 Å². The van der Waals surface area contributed by atoms with Gasteiger partial charge in [0.05, 0.1) is 27.4 Å². The molecule has 8 nitrogen and oxygen atoms in total. The van der Waals surface area contributed by atoms with Gasteiger partial charge in [0, 0.05) is 24.8 Å². The Balaban J connectivity index is 1.56. The van der Waals surface area contributed by atoms with Gasteiger partial charge in [-0.05, 0) is 47.8 Å². The van der Waals surface area contributed by atoms with Gasteiger partial charge in [-0.2, -0.15) is 0 Å². The molecule has 10 heteroatoms. The van der Waals surface area contributed by atoms with Gasteiger partial charge in [-0.1, -0.05) is 39.0 Å². The Morgan fingerprint density at radius 1 is 1.17 bits per heavy atom. The van der Waals surface area contributed by atoms with Crippen LogP contribution in [0.15, 0.2) is 57.7 Å². The zero-order valence-corrected chi connectivity index (χ0v) is 22.5. The molecule has 1 amide bonds. The first-order chi connectivity index (χ1) is 16.6. The number of aliphatic hydroxyl groups is 1. The summed E-state index contributed by atoms with van der Waals surface area (Å²) in [7, 11) is -7.35. The Kier molecular flexibility index (Phi) is 5.72. The van der Waals surface area contributed by atoms with E-state index in [1.807, 2.05) is 4.90 Å². The number of amides is 1. The summed E-state index contributed by atoms with van der Waals surface area (Å²) in [5, 5.41) is 15.4. The van der Waals surface area contributed by atoms with Crippen molar-refractivity contribution in [1.82, 2.24) is 4.90 Å². The maximum atomic E-state index is 13.8. The Morgan fingerprint density at radius 3 is 2.53 bits per heavy atom. The quantitative estimate of drug-likeness (QED) is 0.556. The number of carbonyl (C=O) groups is 1. The lowest BCUT2D eigenvalue weighted by Gasteiger charge is -2.43. The molecule has 0 spiro atoms. The van der Waals surface area contributed by atoms with Gasteiger partial charge in [-0.25, -0.2) is 16.8 Å². The predicted molar refractivity (Wildman–Crippen MR) is 137 cm³/mol. The summed E-state index contributed by atoms with van der Waals surface area (Å²) >= 11 is 0.